The maximum atomic E-state index is 11.5. The topological polar surface area (TPSA) is 489 Å². The number of esters is 3. The van der Waals surface area contributed by atoms with E-state index in [0.29, 0.717) is 110 Å². The zero-order valence-corrected chi connectivity index (χ0v) is 80.7. The van der Waals surface area contributed by atoms with Gasteiger partial charge in [0.25, 0.3) is 28.4 Å². The van der Waals surface area contributed by atoms with Gasteiger partial charge in [0.2, 0.25) is 0 Å². The van der Waals surface area contributed by atoms with Crippen LogP contribution in [0.1, 0.15) is 100 Å². The number of methoxy groups -OCH3 is 3. The van der Waals surface area contributed by atoms with Gasteiger partial charge in [-0.15, -0.1) is 0 Å². The molecule has 0 saturated heterocycles. The van der Waals surface area contributed by atoms with E-state index in [2.05, 4.69) is 127 Å². The van der Waals surface area contributed by atoms with Gasteiger partial charge in [-0.25, -0.2) is 15.0 Å². The minimum absolute atomic E-state index is 0. The summed E-state index contributed by atoms with van der Waals surface area (Å²) < 4.78 is 30.6. The fourth-order valence-corrected chi connectivity index (χ4v) is 19.7. The second-order valence-electron chi connectivity index (χ2n) is 34.9. The van der Waals surface area contributed by atoms with Gasteiger partial charge in [-0.2, -0.15) is 0 Å². The molecule has 0 amide bonds. The number of aliphatic imine (C=N–C) groups is 2. The molecule has 2 N–H and O–H groups in total. The Morgan fingerprint density at radius 3 is 1.16 bits per heavy atom. The molecule has 0 aliphatic carbocycles. The number of halogens is 1. The summed E-state index contributed by atoms with van der Waals surface area (Å²) >= 11 is 5.32. The van der Waals surface area contributed by atoms with Crippen LogP contribution < -0.4 is 24.0 Å². The molecule has 0 radical (unpaired) electrons. The van der Waals surface area contributed by atoms with Crippen LogP contribution in [0, 0.1) is 62.4 Å². The van der Waals surface area contributed by atoms with Crippen molar-refractivity contribution in [1.82, 2.24) is 28.7 Å². The standard InChI is InChI=1S/C19H29N3O4Si.C18H27N3O4Si.C17H25N3O5Si.C12H12N2O4.C11H10N2O4.C6H15ClOSi.CH4O.Li/c1-14(13-27(3,4)5)10-11-21-17-12-15(22(24)25)6-7-16(17)20-18(21)8-9-19(23)26-2;1-13(12-26(2,3)4)9-10-20-16-11-14(21(24)25)5-6-15(16)19-17(20)7-8-18(22)23;1-24-17(21)8-7-16-18-14-11-13(20(22)23)5-6-15(14)19(16)12-25-9-10-26(2,3)4;1-18-12(15)5-2-9-6-8-7-10(14(16)17)3-4-11(8)13-9;14-11(15)4-1-8-5-7-6-9(13(16)17)2-3-10(7)12-8;1-9(2,3)5-4-8-6-7;1-2;/h6-7,12,14H,8-11,13H2,1-5H3;5-6,11,13H,7-10,12H2,1-4H3,(H,22,23);5-6,11H,7-10,12H2,1-4H3;3-4,7H,2,5-6H2,1H3;2-3,6H,1,4-5H2,(H,14,15);4-6H2,1-3H3;2H,1H3;/q;;;;;;;+1/p-1. The third-order valence-electron chi connectivity index (χ3n) is 19.4. The Bertz CT molecular complexity index is 5090. The van der Waals surface area contributed by atoms with Gasteiger partial charge in [0.05, 0.1) is 116 Å². The fourth-order valence-electron chi connectivity index (χ4n) is 13.5. The molecule has 2 aliphatic rings. The number of alkyl halides is 1. The maximum absolute atomic E-state index is 11.5. The van der Waals surface area contributed by atoms with E-state index in [1.165, 1.54) is 94.1 Å². The Kier molecular flexibility index (Phi) is 46.1. The average molecular weight is 1840 g/mol. The number of nitro benzene ring substituents is 5. The molecule has 0 bridgehead atoms. The van der Waals surface area contributed by atoms with E-state index >= 15 is 0 Å². The van der Waals surface area contributed by atoms with E-state index in [0.717, 1.165) is 89.8 Å². The summed E-state index contributed by atoms with van der Waals surface area (Å²) in [6, 6.07) is 28.0. The van der Waals surface area contributed by atoms with Crippen LogP contribution in [0.25, 0.3) is 33.1 Å². The predicted octanol–water partition coefficient (Wildman–Crippen LogP) is 14.2. The number of aliphatic hydroxyl groups is 1. The van der Waals surface area contributed by atoms with Crippen molar-refractivity contribution in [1.29, 1.82) is 0 Å². The molecule has 42 heteroatoms. The number of non-ortho nitro benzene ring substituents is 5. The third kappa shape index (κ3) is 39.4. The summed E-state index contributed by atoms with van der Waals surface area (Å²) in [5, 5.41) is 80.9. The van der Waals surface area contributed by atoms with Crippen LogP contribution >= 0.6 is 11.6 Å². The number of fused-ring (bicyclic) bond motifs is 5. The first-order valence-corrected chi connectivity index (χ1v) is 56.3. The van der Waals surface area contributed by atoms with Gasteiger partial charge in [-0.05, 0) is 97.5 Å². The number of hydrogen-bond acceptors (Lipinski definition) is 27. The largest absolute Gasteiger partial charge is 1.00 e. The second-order valence-corrected chi connectivity index (χ2v) is 57.5. The molecule has 126 heavy (non-hydrogen) atoms. The Morgan fingerprint density at radius 2 is 0.794 bits per heavy atom. The number of aryl methyl sites for hydroxylation is 5. The molecule has 0 spiro atoms. The van der Waals surface area contributed by atoms with Crippen LogP contribution in [0.3, 0.4) is 0 Å². The van der Waals surface area contributed by atoms with E-state index in [1.807, 2.05) is 13.7 Å². The second kappa shape index (κ2) is 52.8. The molecule has 0 saturated carbocycles. The molecule has 2 atom stereocenters. The van der Waals surface area contributed by atoms with Crippen LogP contribution in [0.15, 0.2) is 101 Å². The molecule has 0 fully saturated rings. The number of imidazole rings is 3. The Labute approximate surface area is 754 Å². The normalized spacial score (nSPS) is 12.4. The summed E-state index contributed by atoms with van der Waals surface area (Å²) in [5.74, 6) is 0.296. The van der Waals surface area contributed by atoms with Crippen molar-refractivity contribution in [3.63, 3.8) is 0 Å². The van der Waals surface area contributed by atoms with E-state index in [4.69, 9.17) is 36.0 Å². The average Bonchev–Trinajstić information content (AvgIpc) is 1.65. The number of carboxylic acids is 2. The number of ether oxygens (including phenoxy) is 5. The van der Waals surface area contributed by atoms with Crippen LogP contribution in [-0.2, 0) is 99.6 Å². The van der Waals surface area contributed by atoms with Crippen molar-refractivity contribution in [2.24, 2.45) is 21.8 Å². The number of nitro groups is 5. The van der Waals surface area contributed by atoms with E-state index in [1.54, 1.807) is 36.4 Å². The number of rotatable bonds is 39. The zero-order chi connectivity index (χ0) is 93.9. The Balaban J connectivity index is 0.000000397. The van der Waals surface area contributed by atoms with Crippen molar-refractivity contribution >= 4 is 158 Å². The van der Waals surface area contributed by atoms with Gasteiger partial charge in [0.1, 0.15) is 30.3 Å². The first-order chi connectivity index (χ1) is 58.6. The SMILES string of the molecule is CC(CCn1c(CCC(=O)[O-])nc2ccc([N+](=O)[O-])cc21)C[Si](C)(C)C.CO.COC(=O)CCC1=Nc2ccc([N+](=O)[O-])cc2C1.COC(=O)CCc1nc2cc([N+](=O)[O-])ccc2n1COCC[Si](C)(C)C.COC(=O)CCc1nc2ccc([N+](=O)[O-])cc2n1CCC(C)C[Si](C)(C)C.C[Si](C)(C)CCOCCl.O=C(O)CCC1=Nc2ccc([N+](=O)[O-])cc2C1.[Li+]. The maximum Gasteiger partial charge on any atom is 1.00 e. The summed E-state index contributed by atoms with van der Waals surface area (Å²) in [4.78, 5) is 130. The minimum Gasteiger partial charge on any atom is -0.550 e. The molecular weight excluding hydrogens is 1710 g/mol. The van der Waals surface area contributed by atoms with Crippen molar-refractivity contribution in [3.8, 4) is 0 Å². The van der Waals surface area contributed by atoms with Gasteiger partial charge in [0.15, 0.2) is 0 Å². The molecule has 5 heterocycles. The van der Waals surface area contributed by atoms with Gasteiger partial charge in [-0.1, -0.05) is 116 Å². The smallest absolute Gasteiger partial charge is 0.550 e. The predicted molar refractivity (Wildman–Crippen MR) is 490 cm³/mol. The number of aliphatic hydroxyl groups excluding tert-OH is 1. The van der Waals surface area contributed by atoms with Gasteiger partial charge >= 0.3 is 42.7 Å². The van der Waals surface area contributed by atoms with Gasteiger partial charge in [-0.3, -0.25) is 79.7 Å². The van der Waals surface area contributed by atoms with Crippen molar-refractivity contribution < 1.29 is 106 Å². The zero-order valence-electron chi connectivity index (χ0n) is 75.9. The van der Waals surface area contributed by atoms with E-state index in [-0.39, 0.29) is 104 Å². The molecule has 2 unspecified atom stereocenters. The van der Waals surface area contributed by atoms with Crippen LogP contribution in [-0.4, -0.2) is 185 Å². The first-order valence-electron chi connectivity index (χ1n) is 41.0. The number of benzene rings is 5. The summed E-state index contributed by atoms with van der Waals surface area (Å²) in [5.41, 5.74) is 8.96. The number of carboxylic acid groups (broad SMARTS) is 2. The van der Waals surface area contributed by atoms with Crippen LogP contribution in [0.4, 0.5) is 39.8 Å². The number of carbonyl (C=O) groups is 5. The number of nitrogens with zero attached hydrogens (tertiary/aromatic N) is 13. The molecular formula is C84H121ClLiN13O23Si4. The van der Waals surface area contributed by atoms with Crippen molar-refractivity contribution in [3.05, 3.63) is 170 Å². The summed E-state index contributed by atoms with van der Waals surface area (Å²) in [6.07, 6.45) is 5.61. The number of aromatic nitrogens is 6. The number of hydrogen-bond donors (Lipinski definition) is 2. The molecule has 3 aromatic heterocycles. The molecule has 5 aromatic carbocycles. The van der Waals surface area contributed by atoms with Crippen LogP contribution in [0.5, 0.6) is 0 Å². The Morgan fingerprint density at radius 1 is 0.452 bits per heavy atom. The monoisotopic (exact) mass is 1830 g/mol. The quantitative estimate of drug-likeness (QED) is 0.00687. The van der Waals surface area contributed by atoms with Crippen LogP contribution in [0.2, 0.25) is 103 Å². The van der Waals surface area contributed by atoms with E-state index < -0.39 is 68.9 Å². The number of aliphatic carboxylic acids is 2. The van der Waals surface area contributed by atoms with Crippen molar-refractivity contribution in [2.45, 2.75) is 226 Å². The molecule has 8 aromatic rings. The molecule has 2 aliphatic heterocycles. The minimum atomic E-state index is -1.19. The van der Waals surface area contributed by atoms with Crippen molar-refractivity contribution in [2.75, 3.05) is 47.7 Å². The van der Waals surface area contributed by atoms with Gasteiger partial charge in [0, 0.05) is 176 Å². The molecule has 36 nitrogen and oxygen atoms in total. The van der Waals surface area contributed by atoms with Gasteiger partial charge < -0.3 is 57.5 Å². The molecule has 10 rings (SSSR count). The Hall–Kier alpha value is -10.2. The number of carbonyl (C=O) groups excluding carboxylic acids is 4. The van der Waals surface area contributed by atoms with E-state index in [9.17, 15) is 79.7 Å². The first kappa shape index (κ1) is 110. The summed E-state index contributed by atoms with van der Waals surface area (Å²) in [7, 11) is 0.680. The molecule has 684 valence electrons. The third-order valence-corrected chi connectivity index (χ3v) is 26.9. The fraction of sp³-hybridized carbons (Fsp3) is 0.524. The summed E-state index contributed by atoms with van der Waals surface area (Å²) in [6.45, 7) is 35.6.